The molecule has 0 aliphatic carbocycles. The molecular weight excluding hydrogens is 392 g/mol. The van der Waals surface area contributed by atoms with Crippen LogP contribution < -0.4 is 15.4 Å². The molecule has 0 radical (unpaired) electrons. The molecule has 0 aliphatic rings. The topological polar surface area (TPSA) is 70.7 Å². The standard InChI is InChI=1S/C19H20ClF2N3O3/c1-25(8-9-28-15-5-2-13(20)3-6-15)12-19(27)23-11-18(26)24-14-4-7-16(21)17(22)10-14/h2-7,10H,8-9,11-12H2,1H3,(H,23,27)(H,24,26). The molecule has 2 aromatic rings. The first-order valence-corrected chi connectivity index (χ1v) is 8.80. The third-order valence-corrected chi connectivity index (χ3v) is 3.87. The lowest BCUT2D eigenvalue weighted by Crippen LogP contribution is -2.40. The summed E-state index contributed by atoms with van der Waals surface area (Å²) in [6.07, 6.45) is 0. The number of amides is 2. The molecule has 2 amide bonds. The number of carbonyl (C=O) groups excluding carboxylic acids is 2. The quantitative estimate of drug-likeness (QED) is 0.665. The maximum absolute atomic E-state index is 13.1. The van der Waals surface area contributed by atoms with Gasteiger partial charge in [0.05, 0.1) is 13.1 Å². The van der Waals surface area contributed by atoms with Crippen LogP contribution in [0.25, 0.3) is 0 Å². The molecule has 0 atom stereocenters. The number of hydrogen-bond acceptors (Lipinski definition) is 4. The Morgan fingerprint density at radius 2 is 1.79 bits per heavy atom. The van der Waals surface area contributed by atoms with Gasteiger partial charge < -0.3 is 15.4 Å². The molecule has 0 fully saturated rings. The molecule has 150 valence electrons. The van der Waals surface area contributed by atoms with E-state index < -0.39 is 17.5 Å². The fourth-order valence-electron chi connectivity index (χ4n) is 2.19. The van der Waals surface area contributed by atoms with Crippen LogP contribution >= 0.6 is 11.6 Å². The lowest BCUT2D eigenvalue weighted by Gasteiger charge is -2.16. The van der Waals surface area contributed by atoms with Gasteiger partial charge in [0.25, 0.3) is 0 Å². The van der Waals surface area contributed by atoms with Gasteiger partial charge in [-0.15, -0.1) is 0 Å². The largest absolute Gasteiger partial charge is 0.492 e. The SMILES string of the molecule is CN(CCOc1ccc(Cl)cc1)CC(=O)NCC(=O)Nc1ccc(F)c(F)c1. The third kappa shape index (κ3) is 7.50. The normalized spacial score (nSPS) is 10.6. The van der Waals surface area contributed by atoms with Crippen LogP contribution in [0.1, 0.15) is 0 Å². The first-order chi connectivity index (χ1) is 13.3. The smallest absolute Gasteiger partial charge is 0.243 e. The molecule has 0 aliphatic heterocycles. The lowest BCUT2D eigenvalue weighted by molar-refractivity contribution is -0.124. The van der Waals surface area contributed by atoms with Gasteiger partial charge in [-0.3, -0.25) is 14.5 Å². The van der Waals surface area contributed by atoms with Gasteiger partial charge in [0, 0.05) is 23.3 Å². The van der Waals surface area contributed by atoms with Gasteiger partial charge in [0.2, 0.25) is 11.8 Å². The van der Waals surface area contributed by atoms with Crippen molar-refractivity contribution in [2.75, 3.05) is 38.6 Å². The second-order valence-electron chi connectivity index (χ2n) is 5.99. The molecule has 2 N–H and O–H groups in total. The maximum Gasteiger partial charge on any atom is 0.243 e. The van der Waals surface area contributed by atoms with Crippen molar-refractivity contribution in [1.82, 2.24) is 10.2 Å². The van der Waals surface area contributed by atoms with Crippen molar-refractivity contribution in [3.63, 3.8) is 0 Å². The highest BCUT2D eigenvalue weighted by molar-refractivity contribution is 6.30. The number of likely N-dealkylation sites (N-methyl/N-ethyl adjacent to an activating group) is 1. The molecule has 0 saturated heterocycles. The second-order valence-corrected chi connectivity index (χ2v) is 6.43. The minimum Gasteiger partial charge on any atom is -0.492 e. The Morgan fingerprint density at radius 1 is 1.07 bits per heavy atom. The molecule has 0 bridgehead atoms. The Morgan fingerprint density at radius 3 is 2.46 bits per heavy atom. The highest BCUT2D eigenvalue weighted by Crippen LogP contribution is 2.15. The van der Waals surface area contributed by atoms with E-state index in [-0.39, 0.29) is 24.7 Å². The van der Waals surface area contributed by atoms with Crippen molar-refractivity contribution in [3.05, 3.63) is 59.1 Å². The third-order valence-electron chi connectivity index (χ3n) is 3.62. The van der Waals surface area contributed by atoms with Crippen LogP contribution in [0, 0.1) is 11.6 Å². The summed E-state index contributed by atoms with van der Waals surface area (Å²) in [5.74, 6) is -2.29. The Labute approximate surface area is 166 Å². The number of nitrogens with zero attached hydrogens (tertiary/aromatic N) is 1. The zero-order chi connectivity index (χ0) is 20.5. The summed E-state index contributed by atoms with van der Waals surface area (Å²) in [6.45, 7) is 0.661. The Kier molecular flexibility index (Phi) is 8.16. The molecule has 9 heteroatoms. The number of halogens is 3. The predicted molar refractivity (Wildman–Crippen MR) is 102 cm³/mol. The monoisotopic (exact) mass is 411 g/mol. The van der Waals surface area contributed by atoms with Crippen molar-refractivity contribution in [2.24, 2.45) is 0 Å². The summed E-state index contributed by atoms with van der Waals surface area (Å²) < 4.78 is 31.5. The Bertz CT molecular complexity index is 819. The van der Waals surface area contributed by atoms with Crippen LogP contribution in [-0.2, 0) is 9.59 Å². The van der Waals surface area contributed by atoms with E-state index >= 15 is 0 Å². The molecule has 0 unspecified atom stereocenters. The van der Waals surface area contributed by atoms with Gasteiger partial charge in [-0.2, -0.15) is 0 Å². The molecule has 0 saturated carbocycles. The minimum atomic E-state index is -1.07. The zero-order valence-corrected chi connectivity index (χ0v) is 15.9. The molecule has 2 rings (SSSR count). The molecule has 0 spiro atoms. The van der Waals surface area contributed by atoms with E-state index in [9.17, 15) is 18.4 Å². The van der Waals surface area contributed by atoms with Gasteiger partial charge in [-0.05, 0) is 43.4 Å². The van der Waals surface area contributed by atoms with Gasteiger partial charge >= 0.3 is 0 Å². The summed E-state index contributed by atoms with van der Waals surface area (Å²) in [6, 6.07) is 9.95. The number of nitrogens with one attached hydrogen (secondary N) is 2. The van der Waals surface area contributed by atoms with Gasteiger partial charge in [0.1, 0.15) is 12.4 Å². The number of carbonyl (C=O) groups is 2. The number of hydrogen-bond donors (Lipinski definition) is 2. The van der Waals surface area contributed by atoms with Crippen molar-refractivity contribution in [2.45, 2.75) is 0 Å². The molecule has 6 nitrogen and oxygen atoms in total. The first kappa shape index (κ1) is 21.6. The van der Waals surface area contributed by atoms with Crippen LogP contribution in [0.3, 0.4) is 0 Å². The predicted octanol–water partition coefficient (Wildman–Crippen LogP) is 2.68. The summed E-state index contributed by atoms with van der Waals surface area (Å²) in [7, 11) is 1.74. The van der Waals surface area contributed by atoms with E-state index in [1.54, 1.807) is 36.2 Å². The fourth-order valence-corrected chi connectivity index (χ4v) is 2.31. The van der Waals surface area contributed by atoms with E-state index in [4.69, 9.17) is 16.3 Å². The number of anilines is 1. The molecule has 2 aromatic carbocycles. The van der Waals surface area contributed by atoms with Gasteiger partial charge in [0.15, 0.2) is 11.6 Å². The van der Waals surface area contributed by atoms with Gasteiger partial charge in [-0.1, -0.05) is 11.6 Å². The van der Waals surface area contributed by atoms with Crippen molar-refractivity contribution >= 4 is 29.1 Å². The number of rotatable bonds is 9. The van der Waals surface area contributed by atoms with E-state index in [1.807, 2.05) is 0 Å². The summed E-state index contributed by atoms with van der Waals surface area (Å²) in [5, 5.41) is 5.45. The lowest BCUT2D eigenvalue weighted by atomic mass is 10.3. The van der Waals surface area contributed by atoms with Gasteiger partial charge in [-0.25, -0.2) is 8.78 Å². The van der Waals surface area contributed by atoms with Crippen LogP contribution in [0.2, 0.25) is 5.02 Å². The van der Waals surface area contributed by atoms with Crippen molar-refractivity contribution in [1.29, 1.82) is 0 Å². The van der Waals surface area contributed by atoms with E-state index in [1.165, 1.54) is 6.07 Å². The Hall–Kier alpha value is -2.71. The minimum absolute atomic E-state index is 0.0719. The van der Waals surface area contributed by atoms with E-state index in [0.29, 0.717) is 23.9 Å². The fraction of sp³-hybridized carbons (Fsp3) is 0.263. The molecule has 0 aromatic heterocycles. The molecule has 0 heterocycles. The van der Waals surface area contributed by atoms with Crippen molar-refractivity contribution < 1.29 is 23.1 Å². The zero-order valence-electron chi connectivity index (χ0n) is 15.2. The average Bonchev–Trinajstić information content (AvgIpc) is 2.65. The molecule has 28 heavy (non-hydrogen) atoms. The average molecular weight is 412 g/mol. The van der Waals surface area contributed by atoms with Crippen LogP contribution in [0.15, 0.2) is 42.5 Å². The van der Waals surface area contributed by atoms with Crippen LogP contribution in [0.5, 0.6) is 5.75 Å². The van der Waals surface area contributed by atoms with E-state index in [2.05, 4.69) is 10.6 Å². The summed E-state index contributed by atoms with van der Waals surface area (Å²) in [5.41, 5.74) is 0.106. The first-order valence-electron chi connectivity index (χ1n) is 8.42. The van der Waals surface area contributed by atoms with E-state index in [0.717, 1.165) is 12.1 Å². The molecular formula is C19H20ClF2N3O3. The number of benzene rings is 2. The van der Waals surface area contributed by atoms with Crippen molar-refractivity contribution in [3.8, 4) is 5.75 Å². The summed E-state index contributed by atoms with van der Waals surface area (Å²) >= 11 is 5.80. The van der Waals surface area contributed by atoms with Crippen LogP contribution in [-0.4, -0.2) is 50.0 Å². The summed E-state index contributed by atoms with van der Waals surface area (Å²) in [4.78, 5) is 25.4. The van der Waals surface area contributed by atoms with Crippen LogP contribution in [0.4, 0.5) is 14.5 Å². The Balaban J connectivity index is 1.64. The maximum atomic E-state index is 13.1. The number of ether oxygens (including phenoxy) is 1. The highest BCUT2D eigenvalue weighted by atomic mass is 35.5. The highest BCUT2D eigenvalue weighted by Gasteiger charge is 2.10. The second kappa shape index (κ2) is 10.6.